The van der Waals surface area contributed by atoms with Gasteiger partial charge in [0.1, 0.15) is 0 Å². The van der Waals surface area contributed by atoms with Crippen LogP contribution in [0.5, 0.6) is 0 Å². The minimum absolute atomic E-state index is 0.163. The lowest BCUT2D eigenvalue weighted by Gasteiger charge is -2.12. The van der Waals surface area contributed by atoms with Gasteiger partial charge in [-0.05, 0) is 36.9 Å². The molecule has 1 aromatic carbocycles. The molecule has 1 aliphatic carbocycles. The Bertz CT molecular complexity index is 348. The smallest absolute Gasteiger partial charge is 0.313 e. The molecule has 0 aromatic heterocycles. The Kier molecular flexibility index (Phi) is 3.72. The molecule has 0 atom stereocenters. The average molecular weight is 243 g/mol. The maximum absolute atomic E-state index is 11.9. The van der Waals surface area contributed by atoms with E-state index in [-0.39, 0.29) is 6.42 Å². The second kappa shape index (κ2) is 5.08. The summed E-state index contributed by atoms with van der Waals surface area (Å²) < 4.78 is 35.8. The molecule has 0 fully saturated rings. The van der Waals surface area contributed by atoms with E-state index in [9.17, 15) is 13.2 Å². The van der Waals surface area contributed by atoms with Crippen LogP contribution in [0.25, 0.3) is 0 Å². The first-order valence-corrected chi connectivity index (χ1v) is 5.91. The monoisotopic (exact) mass is 243 g/mol. The van der Waals surface area contributed by atoms with E-state index in [1.54, 1.807) is 0 Å². The topological polar surface area (TPSA) is 12.0 Å². The van der Waals surface area contributed by atoms with Crippen molar-refractivity contribution in [3.8, 4) is 0 Å². The van der Waals surface area contributed by atoms with Gasteiger partial charge in [0, 0.05) is 12.5 Å². The molecule has 0 bridgehead atoms. The summed E-state index contributed by atoms with van der Waals surface area (Å²) in [6, 6.07) is 8.50. The van der Waals surface area contributed by atoms with Gasteiger partial charge in [-0.2, -0.15) is 13.2 Å². The summed E-state index contributed by atoms with van der Waals surface area (Å²) in [5.41, 5.74) is 2.64. The molecule has 0 radical (unpaired) electrons. The molecule has 1 nitrogen and oxygen atoms in total. The highest BCUT2D eigenvalue weighted by atomic mass is 19.4. The van der Waals surface area contributed by atoms with Crippen LogP contribution in [0.3, 0.4) is 0 Å². The molecular formula is C13H16F3N. The summed E-state index contributed by atoms with van der Waals surface area (Å²) >= 11 is 0. The number of nitrogens with one attached hydrogen (secondary N) is 1. The largest absolute Gasteiger partial charge is 0.389 e. The van der Waals surface area contributed by atoms with Crippen LogP contribution in [0.4, 0.5) is 13.2 Å². The quantitative estimate of drug-likeness (QED) is 0.801. The third-order valence-corrected chi connectivity index (χ3v) is 3.12. The van der Waals surface area contributed by atoms with Crippen LogP contribution in [0, 0.1) is 0 Å². The summed E-state index contributed by atoms with van der Waals surface area (Å²) in [7, 11) is 0. The third-order valence-electron chi connectivity index (χ3n) is 3.12. The van der Waals surface area contributed by atoms with Crippen molar-refractivity contribution in [3.05, 3.63) is 35.4 Å². The van der Waals surface area contributed by atoms with Crippen molar-refractivity contribution in [2.45, 2.75) is 37.9 Å². The normalized spacial score (nSPS) is 16.2. The standard InChI is InChI=1S/C13H16F3N/c14-13(15,16)6-3-7-17-12-8-10-4-1-2-5-11(10)9-12/h1-2,4-5,12,17H,3,6-9H2. The first kappa shape index (κ1) is 12.4. The van der Waals surface area contributed by atoms with E-state index in [4.69, 9.17) is 0 Å². The minimum atomic E-state index is -4.03. The van der Waals surface area contributed by atoms with Crippen LogP contribution >= 0.6 is 0 Å². The second-order valence-electron chi connectivity index (χ2n) is 4.55. The van der Waals surface area contributed by atoms with Gasteiger partial charge in [-0.3, -0.25) is 0 Å². The molecule has 0 amide bonds. The molecule has 4 heteroatoms. The highest BCUT2D eigenvalue weighted by Gasteiger charge is 2.26. The molecule has 0 saturated heterocycles. The molecule has 0 unspecified atom stereocenters. The summed E-state index contributed by atoms with van der Waals surface area (Å²) in [5.74, 6) is 0. The van der Waals surface area contributed by atoms with Crippen LogP contribution in [-0.4, -0.2) is 18.8 Å². The highest BCUT2D eigenvalue weighted by molar-refractivity contribution is 5.33. The molecule has 0 spiro atoms. The highest BCUT2D eigenvalue weighted by Crippen LogP contribution is 2.23. The summed E-state index contributed by atoms with van der Waals surface area (Å²) in [4.78, 5) is 0. The maximum Gasteiger partial charge on any atom is 0.389 e. The van der Waals surface area contributed by atoms with Crippen molar-refractivity contribution >= 4 is 0 Å². The lowest BCUT2D eigenvalue weighted by Crippen LogP contribution is -2.31. The maximum atomic E-state index is 11.9. The summed E-state index contributed by atoms with van der Waals surface area (Å²) in [5, 5.41) is 3.20. The van der Waals surface area contributed by atoms with E-state index in [2.05, 4.69) is 17.4 Å². The molecule has 0 aliphatic heterocycles. The number of halogens is 3. The number of hydrogen-bond donors (Lipinski definition) is 1. The molecule has 0 saturated carbocycles. The van der Waals surface area contributed by atoms with Gasteiger partial charge in [0.2, 0.25) is 0 Å². The van der Waals surface area contributed by atoms with E-state index >= 15 is 0 Å². The summed E-state index contributed by atoms with van der Waals surface area (Å²) in [6.07, 6.45) is -2.69. The van der Waals surface area contributed by atoms with E-state index < -0.39 is 12.6 Å². The second-order valence-corrected chi connectivity index (χ2v) is 4.55. The van der Waals surface area contributed by atoms with Crippen LogP contribution in [0.1, 0.15) is 24.0 Å². The molecule has 1 N–H and O–H groups in total. The Morgan fingerprint density at radius 1 is 1.12 bits per heavy atom. The zero-order chi connectivity index (χ0) is 12.3. The number of hydrogen-bond acceptors (Lipinski definition) is 1. The van der Waals surface area contributed by atoms with Gasteiger partial charge in [0.05, 0.1) is 0 Å². The predicted octanol–water partition coefficient (Wildman–Crippen LogP) is 3.09. The lowest BCUT2D eigenvalue weighted by molar-refractivity contribution is -0.135. The fourth-order valence-electron chi connectivity index (χ4n) is 2.30. The first-order chi connectivity index (χ1) is 8.04. The van der Waals surface area contributed by atoms with Crippen molar-refractivity contribution in [1.29, 1.82) is 0 Å². The van der Waals surface area contributed by atoms with E-state index in [1.165, 1.54) is 11.1 Å². The van der Waals surface area contributed by atoms with Crippen LogP contribution in [0.2, 0.25) is 0 Å². The van der Waals surface area contributed by atoms with Gasteiger partial charge in [0.25, 0.3) is 0 Å². The Labute approximate surface area is 99.0 Å². The fourth-order valence-corrected chi connectivity index (χ4v) is 2.30. The molecule has 0 heterocycles. The molecular weight excluding hydrogens is 227 g/mol. The van der Waals surface area contributed by atoms with Crippen LogP contribution < -0.4 is 5.32 Å². The van der Waals surface area contributed by atoms with E-state index in [1.807, 2.05) is 12.1 Å². The van der Waals surface area contributed by atoms with Gasteiger partial charge in [-0.15, -0.1) is 0 Å². The van der Waals surface area contributed by atoms with Crippen LogP contribution in [-0.2, 0) is 12.8 Å². The fraction of sp³-hybridized carbons (Fsp3) is 0.538. The number of fused-ring (bicyclic) bond motifs is 1. The van der Waals surface area contributed by atoms with E-state index in [0.29, 0.717) is 12.6 Å². The molecule has 2 rings (SSSR count). The van der Waals surface area contributed by atoms with Crippen LogP contribution in [0.15, 0.2) is 24.3 Å². The SMILES string of the molecule is FC(F)(F)CCCNC1Cc2ccccc2C1. The Morgan fingerprint density at radius 2 is 1.71 bits per heavy atom. The number of benzene rings is 1. The molecule has 1 aliphatic rings. The summed E-state index contributed by atoms with van der Waals surface area (Å²) in [6.45, 7) is 0.443. The molecule has 1 aromatic rings. The average Bonchev–Trinajstić information content (AvgIpc) is 2.65. The zero-order valence-electron chi connectivity index (χ0n) is 9.56. The van der Waals surface area contributed by atoms with Gasteiger partial charge in [0.15, 0.2) is 0 Å². The number of rotatable bonds is 4. The van der Waals surface area contributed by atoms with Crippen molar-refractivity contribution in [2.24, 2.45) is 0 Å². The number of alkyl halides is 3. The van der Waals surface area contributed by atoms with Gasteiger partial charge < -0.3 is 5.32 Å². The van der Waals surface area contributed by atoms with Gasteiger partial charge in [-0.25, -0.2) is 0 Å². The predicted molar refractivity (Wildman–Crippen MR) is 60.9 cm³/mol. The van der Waals surface area contributed by atoms with Crippen molar-refractivity contribution in [1.82, 2.24) is 5.32 Å². The lowest BCUT2D eigenvalue weighted by atomic mass is 10.1. The molecule has 17 heavy (non-hydrogen) atoms. The Morgan fingerprint density at radius 3 is 2.24 bits per heavy atom. The van der Waals surface area contributed by atoms with Crippen molar-refractivity contribution in [2.75, 3.05) is 6.54 Å². The van der Waals surface area contributed by atoms with Gasteiger partial charge in [-0.1, -0.05) is 24.3 Å². The Balaban J connectivity index is 1.70. The van der Waals surface area contributed by atoms with Crippen molar-refractivity contribution in [3.63, 3.8) is 0 Å². The third kappa shape index (κ3) is 3.73. The Hall–Kier alpha value is -1.03. The van der Waals surface area contributed by atoms with E-state index in [0.717, 1.165) is 12.8 Å². The minimum Gasteiger partial charge on any atom is -0.313 e. The zero-order valence-corrected chi connectivity index (χ0v) is 9.56. The molecule has 94 valence electrons. The van der Waals surface area contributed by atoms with Gasteiger partial charge >= 0.3 is 6.18 Å². The first-order valence-electron chi connectivity index (χ1n) is 5.91. The van der Waals surface area contributed by atoms with Crippen molar-refractivity contribution < 1.29 is 13.2 Å².